The third-order valence-corrected chi connectivity index (χ3v) is 3.60. The second-order valence-electron chi connectivity index (χ2n) is 4.47. The highest BCUT2D eigenvalue weighted by Gasteiger charge is 2.09. The van der Waals surface area contributed by atoms with E-state index < -0.39 is 0 Å². The maximum Gasteiger partial charge on any atom is 0.139 e. The molecule has 0 aliphatic heterocycles. The smallest absolute Gasteiger partial charge is 0.139 e. The van der Waals surface area contributed by atoms with E-state index in [-0.39, 0.29) is 0 Å². The lowest BCUT2D eigenvalue weighted by Crippen LogP contribution is -2.08. The van der Waals surface area contributed by atoms with E-state index in [1.165, 1.54) is 3.57 Å². The number of benzene rings is 1. The molecule has 106 valence electrons. The van der Waals surface area contributed by atoms with Gasteiger partial charge >= 0.3 is 0 Å². The Morgan fingerprint density at radius 3 is 2.65 bits per heavy atom. The van der Waals surface area contributed by atoms with E-state index in [1.807, 2.05) is 12.1 Å². The van der Waals surface area contributed by atoms with Gasteiger partial charge in [-0.2, -0.15) is 0 Å². The molecule has 20 heavy (non-hydrogen) atoms. The highest BCUT2D eigenvalue weighted by molar-refractivity contribution is 14.1. The average Bonchev–Trinajstić information content (AvgIpc) is 2.45. The van der Waals surface area contributed by atoms with Crippen LogP contribution in [0.5, 0.6) is 0 Å². The van der Waals surface area contributed by atoms with Crippen molar-refractivity contribution in [2.45, 2.75) is 26.7 Å². The summed E-state index contributed by atoms with van der Waals surface area (Å²) in [5.74, 6) is 1.81. The third-order valence-electron chi connectivity index (χ3n) is 2.93. The standard InChI is InChI=1S/C15H19IN4/c1-3-8-17-14-13(4-2)15(19-10-18-14)20-12-7-5-6-11(16)9-12/h5-7,9-10H,3-4,8H2,1-2H3,(H2,17,18,19,20). The van der Waals surface area contributed by atoms with E-state index in [4.69, 9.17) is 0 Å². The first-order valence-electron chi connectivity index (χ1n) is 6.85. The predicted octanol–water partition coefficient (Wildman–Crippen LogP) is 4.21. The van der Waals surface area contributed by atoms with Crippen LogP contribution in [0, 0.1) is 3.57 Å². The molecule has 0 aliphatic rings. The fourth-order valence-corrected chi connectivity index (χ4v) is 2.50. The molecule has 0 saturated carbocycles. The SMILES string of the molecule is CCCNc1ncnc(Nc2cccc(I)c2)c1CC. The number of nitrogens with zero attached hydrogens (tertiary/aromatic N) is 2. The Bertz CT molecular complexity index is 572. The van der Waals surface area contributed by atoms with Crippen LogP contribution in [0.4, 0.5) is 17.3 Å². The molecule has 0 spiro atoms. The lowest BCUT2D eigenvalue weighted by Gasteiger charge is -2.14. The number of anilines is 3. The fourth-order valence-electron chi connectivity index (χ4n) is 1.95. The van der Waals surface area contributed by atoms with Crippen molar-refractivity contribution >= 4 is 39.9 Å². The zero-order chi connectivity index (χ0) is 14.4. The van der Waals surface area contributed by atoms with Crippen LogP contribution in [-0.4, -0.2) is 16.5 Å². The van der Waals surface area contributed by atoms with E-state index in [2.05, 4.69) is 69.2 Å². The molecular weight excluding hydrogens is 363 g/mol. The maximum atomic E-state index is 4.38. The van der Waals surface area contributed by atoms with Crippen LogP contribution < -0.4 is 10.6 Å². The summed E-state index contributed by atoms with van der Waals surface area (Å²) in [4.78, 5) is 8.72. The van der Waals surface area contributed by atoms with E-state index in [0.717, 1.165) is 42.3 Å². The summed E-state index contributed by atoms with van der Waals surface area (Å²) in [6, 6.07) is 8.25. The number of halogens is 1. The zero-order valence-electron chi connectivity index (χ0n) is 11.8. The number of nitrogens with one attached hydrogen (secondary N) is 2. The van der Waals surface area contributed by atoms with Gasteiger partial charge in [-0.1, -0.05) is 19.9 Å². The molecule has 0 aliphatic carbocycles. The Balaban J connectivity index is 2.26. The quantitative estimate of drug-likeness (QED) is 0.735. The van der Waals surface area contributed by atoms with Crippen LogP contribution in [0.1, 0.15) is 25.8 Å². The molecule has 0 unspecified atom stereocenters. The highest BCUT2D eigenvalue weighted by Crippen LogP contribution is 2.24. The van der Waals surface area contributed by atoms with Crippen molar-refractivity contribution < 1.29 is 0 Å². The minimum Gasteiger partial charge on any atom is -0.370 e. The molecule has 1 aromatic carbocycles. The van der Waals surface area contributed by atoms with Gasteiger partial charge in [0.25, 0.3) is 0 Å². The van der Waals surface area contributed by atoms with Gasteiger partial charge in [-0.3, -0.25) is 0 Å². The van der Waals surface area contributed by atoms with Gasteiger partial charge in [0.05, 0.1) is 0 Å². The van der Waals surface area contributed by atoms with E-state index in [9.17, 15) is 0 Å². The molecule has 5 heteroatoms. The average molecular weight is 382 g/mol. The van der Waals surface area contributed by atoms with Gasteiger partial charge in [0.15, 0.2) is 0 Å². The molecule has 2 rings (SSSR count). The van der Waals surface area contributed by atoms with Crippen molar-refractivity contribution in [3.63, 3.8) is 0 Å². The van der Waals surface area contributed by atoms with E-state index in [1.54, 1.807) is 6.33 Å². The Labute approximate surface area is 133 Å². The number of rotatable bonds is 6. The fraction of sp³-hybridized carbons (Fsp3) is 0.333. The van der Waals surface area contributed by atoms with Crippen LogP contribution in [0.25, 0.3) is 0 Å². The number of aromatic nitrogens is 2. The van der Waals surface area contributed by atoms with Gasteiger partial charge in [-0.15, -0.1) is 0 Å². The summed E-state index contributed by atoms with van der Waals surface area (Å²) in [5.41, 5.74) is 2.17. The molecule has 0 radical (unpaired) electrons. The monoisotopic (exact) mass is 382 g/mol. The topological polar surface area (TPSA) is 49.8 Å². The highest BCUT2D eigenvalue weighted by atomic mass is 127. The number of hydrogen-bond donors (Lipinski definition) is 2. The van der Waals surface area contributed by atoms with Crippen LogP contribution >= 0.6 is 22.6 Å². The van der Waals surface area contributed by atoms with E-state index in [0.29, 0.717) is 0 Å². The van der Waals surface area contributed by atoms with Gasteiger partial charge in [-0.05, 0) is 53.6 Å². The van der Waals surface area contributed by atoms with Gasteiger partial charge in [0, 0.05) is 21.4 Å². The van der Waals surface area contributed by atoms with Crippen LogP contribution in [-0.2, 0) is 6.42 Å². The minimum atomic E-state index is 0.878. The Morgan fingerprint density at radius 2 is 1.95 bits per heavy atom. The molecule has 4 nitrogen and oxygen atoms in total. The third kappa shape index (κ3) is 3.82. The molecule has 2 N–H and O–H groups in total. The van der Waals surface area contributed by atoms with Gasteiger partial charge in [0.1, 0.15) is 18.0 Å². The predicted molar refractivity (Wildman–Crippen MR) is 92.6 cm³/mol. The molecule has 1 heterocycles. The second-order valence-corrected chi connectivity index (χ2v) is 5.71. The first-order valence-corrected chi connectivity index (χ1v) is 7.92. The van der Waals surface area contributed by atoms with Crippen molar-refractivity contribution in [2.24, 2.45) is 0 Å². The molecule has 0 bridgehead atoms. The lowest BCUT2D eigenvalue weighted by atomic mass is 10.2. The molecule has 0 amide bonds. The van der Waals surface area contributed by atoms with Gasteiger partial charge in [0.2, 0.25) is 0 Å². The van der Waals surface area contributed by atoms with Crippen LogP contribution in [0.2, 0.25) is 0 Å². The summed E-state index contributed by atoms with van der Waals surface area (Å²) in [6.45, 7) is 5.19. The van der Waals surface area contributed by atoms with E-state index >= 15 is 0 Å². The first-order chi connectivity index (χ1) is 9.74. The second kappa shape index (κ2) is 7.42. The number of hydrogen-bond acceptors (Lipinski definition) is 4. The van der Waals surface area contributed by atoms with Gasteiger partial charge in [-0.25, -0.2) is 9.97 Å². The summed E-state index contributed by atoms with van der Waals surface area (Å²) in [6.07, 6.45) is 3.57. The van der Waals surface area contributed by atoms with Crippen molar-refractivity contribution in [2.75, 3.05) is 17.2 Å². The molecule has 0 atom stereocenters. The minimum absolute atomic E-state index is 0.878. The molecule has 0 fully saturated rings. The van der Waals surface area contributed by atoms with Gasteiger partial charge < -0.3 is 10.6 Å². The Morgan fingerprint density at radius 1 is 1.15 bits per heavy atom. The largest absolute Gasteiger partial charge is 0.370 e. The molecular formula is C15H19IN4. The van der Waals surface area contributed by atoms with Crippen molar-refractivity contribution in [3.05, 3.63) is 39.7 Å². The van der Waals surface area contributed by atoms with Crippen molar-refractivity contribution in [1.82, 2.24) is 9.97 Å². The first kappa shape index (κ1) is 15.0. The van der Waals surface area contributed by atoms with Crippen molar-refractivity contribution in [3.8, 4) is 0 Å². The van der Waals surface area contributed by atoms with Crippen LogP contribution in [0.15, 0.2) is 30.6 Å². The van der Waals surface area contributed by atoms with Crippen LogP contribution in [0.3, 0.4) is 0 Å². The normalized spacial score (nSPS) is 10.3. The summed E-state index contributed by atoms with van der Waals surface area (Å²) < 4.78 is 1.20. The maximum absolute atomic E-state index is 4.38. The summed E-state index contributed by atoms with van der Waals surface area (Å²) >= 11 is 2.31. The molecule has 0 saturated heterocycles. The zero-order valence-corrected chi connectivity index (χ0v) is 13.9. The lowest BCUT2D eigenvalue weighted by molar-refractivity contribution is 0.949. The van der Waals surface area contributed by atoms with Crippen molar-refractivity contribution in [1.29, 1.82) is 0 Å². The molecule has 2 aromatic rings. The Kier molecular flexibility index (Phi) is 5.58. The molecule has 1 aromatic heterocycles. The summed E-state index contributed by atoms with van der Waals surface area (Å²) in [7, 11) is 0. The Hall–Kier alpha value is -1.37. The summed E-state index contributed by atoms with van der Waals surface area (Å²) in [5, 5.41) is 6.74.